The lowest BCUT2D eigenvalue weighted by Gasteiger charge is -2.39. The number of fused-ring (bicyclic) bond motifs is 1. The van der Waals surface area contributed by atoms with Crippen LogP contribution in [0.3, 0.4) is 0 Å². The number of aliphatic hydroxyl groups is 1. The van der Waals surface area contributed by atoms with Gasteiger partial charge in [-0.2, -0.15) is 10.2 Å². The van der Waals surface area contributed by atoms with E-state index in [1.54, 1.807) is 22.3 Å². The Labute approximate surface area is 191 Å². The summed E-state index contributed by atoms with van der Waals surface area (Å²) in [6.07, 6.45) is 6.70. The third-order valence-corrected chi connectivity index (χ3v) is 5.94. The maximum atomic E-state index is 12.6. The fourth-order valence-electron chi connectivity index (χ4n) is 4.06. The summed E-state index contributed by atoms with van der Waals surface area (Å²) in [6, 6.07) is 10.2. The molecule has 0 radical (unpaired) electrons. The second-order valence-electron chi connectivity index (χ2n) is 8.75. The maximum absolute atomic E-state index is 12.6. The number of rotatable bonds is 7. The highest BCUT2D eigenvalue weighted by Gasteiger charge is 2.34. The molecular formula is C24H27N7O2. The molecule has 1 amide bonds. The third-order valence-electron chi connectivity index (χ3n) is 5.94. The van der Waals surface area contributed by atoms with Crippen molar-refractivity contribution in [3.8, 4) is 11.1 Å². The van der Waals surface area contributed by atoms with Crippen molar-refractivity contribution in [2.24, 2.45) is 5.92 Å². The van der Waals surface area contributed by atoms with Gasteiger partial charge in [-0.05, 0) is 25.5 Å². The molecule has 1 aliphatic rings. The van der Waals surface area contributed by atoms with E-state index < -0.39 is 6.10 Å². The number of nitrogens with one attached hydrogen (secondary N) is 1. The average molecular weight is 446 g/mol. The van der Waals surface area contributed by atoms with Crippen LogP contribution in [0.15, 0.2) is 55.2 Å². The van der Waals surface area contributed by atoms with Gasteiger partial charge in [0.2, 0.25) is 5.91 Å². The van der Waals surface area contributed by atoms with Gasteiger partial charge in [-0.15, -0.1) is 0 Å². The molecule has 0 saturated carbocycles. The highest BCUT2D eigenvalue weighted by molar-refractivity contribution is 5.84. The van der Waals surface area contributed by atoms with Crippen LogP contribution in [0, 0.1) is 12.8 Å². The Hall–Kier alpha value is -3.72. The van der Waals surface area contributed by atoms with Crippen LogP contribution in [-0.2, 0) is 17.9 Å². The molecule has 3 aromatic heterocycles. The van der Waals surface area contributed by atoms with E-state index in [1.807, 2.05) is 37.5 Å². The Morgan fingerprint density at radius 3 is 2.73 bits per heavy atom. The van der Waals surface area contributed by atoms with Crippen LogP contribution in [0.5, 0.6) is 0 Å². The smallest absolute Gasteiger partial charge is 0.226 e. The SMILES string of the molecule is Cc1ccc(CNC(=O)C2CN(c3ncnn4cc(-c5cnn(CC(C)O)c5)cc34)C2)cc1. The number of amides is 1. The first-order valence-electron chi connectivity index (χ1n) is 11.1. The zero-order valence-corrected chi connectivity index (χ0v) is 18.7. The predicted octanol–water partition coefficient (Wildman–Crippen LogP) is 2.03. The Bertz CT molecular complexity index is 1270. The molecule has 1 aromatic carbocycles. The van der Waals surface area contributed by atoms with Crippen LogP contribution in [0.25, 0.3) is 16.6 Å². The van der Waals surface area contributed by atoms with E-state index in [4.69, 9.17) is 0 Å². The molecule has 0 bridgehead atoms. The zero-order chi connectivity index (χ0) is 22.9. The molecule has 4 heterocycles. The minimum Gasteiger partial charge on any atom is -0.391 e. The summed E-state index contributed by atoms with van der Waals surface area (Å²) < 4.78 is 3.53. The predicted molar refractivity (Wildman–Crippen MR) is 125 cm³/mol. The van der Waals surface area contributed by atoms with E-state index in [0.29, 0.717) is 26.2 Å². The molecule has 1 unspecified atom stereocenters. The minimum atomic E-state index is -0.461. The van der Waals surface area contributed by atoms with Crippen LogP contribution in [0.1, 0.15) is 18.1 Å². The molecule has 9 heteroatoms. The number of aryl methyl sites for hydroxylation is 1. The number of carbonyl (C=O) groups is 1. The van der Waals surface area contributed by atoms with Gasteiger partial charge in [0.05, 0.1) is 24.8 Å². The summed E-state index contributed by atoms with van der Waals surface area (Å²) >= 11 is 0. The van der Waals surface area contributed by atoms with E-state index in [0.717, 1.165) is 28.0 Å². The van der Waals surface area contributed by atoms with Crippen LogP contribution in [0.4, 0.5) is 5.82 Å². The normalized spacial score (nSPS) is 14.9. The molecule has 33 heavy (non-hydrogen) atoms. The van der Waals surface area contributed by atoms with E-state index in [1.165, 1.54) is 11.9 Å². The highest BCUT2D eigenvalue weighted by Crippen LogP contribution is 2.30. The Morgan fingerprint density at radius 2 is 1.97 bits per heavy atom. The first-order valence-corrected chi connectivity index (χ1v) is 11.1. The van der Waals surface area contributed by atoms with Gasteiger partial charge in [0.25, 0.3) is 0 Å². The number of benzene rings is 1. The number of aliphatic hydroxyl groups excluding tert-OH is 1. The van der Waals surface area contributed by atoms with Crippen molar-refractivity contribution in [1.82, 2.24) is 29.7 Å². The zero-order valence-electron chi connectivity index (χ0n) is 18.7. The van der Waals surface area contributed by atoms with Crippen LogP contribution in [-0.4, -0.2) is 54.6 Å². The molecular weight excluding hydrogens is 418 g/mol. The van der Waals surface area contributed by atoms with E-state index in [9.17, 15) is 9.90 Å². The van der Waals surface area contributed by atoms with Gasteiger partial charge in [0.15, 0.2) is 5.82 Å². The fourth-order valence-corrected chi connectivity index (χ4v) is 4.06. The highest BCUT2D eigenvalue weighted by atomic mass is 16.3. The summed E-state index contributed by atoms with van der Waals surface area (Å²) in [5.74, 6) is 0.826. The maximum Gasteiger partial charge on any atom is 0.226 e. The first-order chi connectivity index (χ1) is 16.0. The van der Waals surface area contributed by atoms with Gasteiger partial charge in [-0.3, -0.25) is 9.48 Å². The summed E-state index contributed by atoms with van der Waals surface area (Å²) in [7, 11) is 0. The molecule has 4 aromatic rings. The van der Waals surface area contributed by atoms with Crippen molar-refractivity contribution >= 4 is 17.2 Å². The number of anilines is 1. The van der Waals surface area contributed by atoms with Gasteiger partial charge >= 0.3 is 0 Å². The Morgan fingerprint density at radius 1 is 1.18 bits per heavy atom. The van der Waals surface area contributed by atoms with Crippen molar-refractivity contribution in [1.29, 1.82) is 0 Å². The average Bonchev–Trinajstić information content (AvgIpc) is 3.39. The third kappa shape index (κ3) is 4.45. The summed E-state index contributed by atoms with van der Waals surface area (Å²) in [6.45, 7) is 6.02. The van der Waals surface area contributed by atoms with E-state index >= 15 is 0 Å². The van der Waals surface area contributed by atoms with Gasteiger partial charge in [0, 0.05) is 43.2 Å². The second-order valence-corrected chi connectivity index (χ2v) is 8.75. The minimum absolute atomic E-state index is 0.0569. The molecule has 1 aliphatic heterocycles. The van der Waals surface area contributed by atoms with E-state index in [2.05, 4.69) is 37.5 Å². The summed E-state index contributed by atoms with van der Waals surface area (Å²) in [5, 5.41) is 21.3. The van der Waals surface area contributed by atoms with Crippen LogP contribution < -0.4 is 10.2 Å². The molecule has 1 saturated heterocycles. The summed E-state index contributed by atoms with van der Waals surface area (Å²) in [5.41, 5.74) is 5.11. The molecule has 170 valence electrons. The van der Waals surface area contributed by atoms with Crippen molar-refractivity contribution in [3.63, 3.8) is 0 Å². The topological polar surface area (TPSA) is 101 Å². The van der Waals surface area contributed by atoms with E-state index in [-0.39, 0.29) is 11.8 Å². The lowest BCUT2D eigenvalue weighted by atomic mass is 9.99. The van der Waals surface area contributed by atoms with Crippen molar-refractivity contribution in [2.45, 2.75) is 33.0 Å². The number of carbonyl (C=O) groups excluding carboxylic acids is 1. The molecule has 2 N–H and O–H groups in total. The van der Waals surface area contributed by atoms with Crippen LogP contribution >= 0.6 is 0 Å². The second kappa shape index (κ2) is 8.67. The largest absolute Gasteiger partial charge is 0.391 e. The molecule has 0 aliphatic carbocycles. The molecule has 5 rings (SSSR count). The van der Waals surface area contributed by atoms with Crippen molar-refractivity contribution in [3.05, 3.63) is 66.4 Å². The van der Waals surface area contributed by atoms with Gasteiger partial charge in [0.1, 0.15) is 11.8 Å². The molecule has 1 fully saturated rings. The monoisotopic (exact) mass is 445 g/mol. The lowest BCUT2D eigenvalue weighted by Crippen LogP contribution is -2.54. The summed E-state index contributed by atoms with van der Waals surface area (Å²) in [4.78, 5) is 19.2. The number of hydrogen-bond acceptors (Lipinski definition) is 6. The molecule has 9 nitrogen and oxygen atoms in total. The lowest BCUT2D eigenvalue weighted by molar-refractivity contribution is -0.125. The molecule has 1 atom stereocenters. The van der Waals surface area contributed by atoms with Gasteiger partial charge < -0.3 is 15.3 Å². The van der Waals surface area contributed by atoms with Crippen LogP contribution in [0.2, 0.25) is 0 Å². The quantitative estimate of drug-likeness (QED) is 0.452. The standard InChI is InChI=1S/C24H27N7O2/c1-16-3-5-18(6-4-16)8-25-24(33)21-11-29(12-21)23-22-7-19(14-31(22)28-15-26-23)20-9-27-30(13-20)10-17(2)32/h3-7,9,13-15,17,21,32H,8,10-12H2,1-2H3,(H,25,33). The fraction of sp³-hybridized carbons (Fsp3) is 0.333. The number of hydrogen-bond donors (Lipinski definition) is 2. The van der Waals surface area contributed by atoms with Crippen molar-refractivity contribution < 1.29 is 9.90 Å². The first kappa shape index (κ1) is 21.1. The molecule has 0 spiro atoms. The van der Waals surface area contributed by atoms with Gasteiger partial charge in [-0.1, -0.05) is 29.8 Å². The number of aromatic nitrogens is 5. The number of nitrogens with zero attached hydrogens (tertiary/aromatic N) is 6. The van der Waals surface area contributed by atoms with Gasteiger partial charge in [-0.25, -0.2) is 9.50 Å². The van der Waals surface area contributed by atoms with Crippen molar-refractivity contribution in [2.75, 3.05) is 18.0 Å². The Kier molecular flexibility index (Phi) is 5.55. The Balaban J connectivity index is 1.25.